The van der Waals surface area contributed by atoms with Crippen molar-refractivity contribution >= 4 is 11.6 Å². The monoisotopic (exact) mass is 253 g/mol. The molecule has 0 unspecified atom stereocenters. The molecular formula is C11H19N5O2. The van der Waals surface area contributed by atoms with Gasteiger partial charge in [0, 0.05) is 19.8 Å². The zero-order valence-electron chi connectivity index (χ0n) is 10.5. The minimum Gasteiger partial charge on any atom is -0.490 e. The first-order valence-electron chi connectivity index (χ1n) is 6.02. The van der Waals surface area contributed by atoms with Crippen LogP contribution in [-0.2, 0) is 4.74 Å². The number of nitrogens with two attached hydrogens (primary N) is 1. The Bertz CT molecular complexity index is 382. The zero-order chi connectivity index (χ0) is 12.8. The molecule has 1 saturated heterocycles. The van der Waals surface area contributed by atoms with Gasteiger partial charge in [-0.15, -0.1) is 0 Å². The van der Waals surface area contributed by atoms with Gasteiger partial charge in [-0.2, -0.15) is 0 Å². The topological polar surface area (TPSA) is 94.3 Å². The van der Waals surface area contributed by atoms with Gasteiger partial charge >= 0.3 is 0 Å². The van der Waals surface area contributed by atoms with E-state index in [1.54, 1.807) is 7.11 Å². The van der Waals surface area contributed by atoms with Crippen LogP contribution in [0, 0.1) is 5.92 Å². The van der Waals surface area contributed by atoms with E-state index in [4.69, 9.17) is 15.3 Å². The van der Waals surface area contributed by atoms with Gasteiger partial charge in [-0.1, -0.05) is 0 Å². The third-order valence-corrected chi connectivity index (χ3v) is 3.04. The summed E-state index contributed by atoms with van der Waals surface area (Å²) in [5, 5.41) is 3.28. The van der Waals surface area contributed by atoms with Crippen LogP contribution in [0.2, 0.25) is 0 Å². The summed E-state index contributed by atoms with van der Waals surface area (Å²) >= 11 is 0. The Kier molecular flexibility index (Phi) is 4.54. The van der Waals surface area contributed by atoms with Crippen LogP contribution < -0.4 is 21.3 Å². The highest BCUT2D eigenvalue weighted by molar-refractivity contribution is 5.62. The second-order valence-corrected chi connectivity index (χ2v) is 4.19. The smallest absolute Gasteiger partial charge is 0.205 e. The van der Waals surface area contributed by atoms with E-state index in [9.17, 15) is 0 Å². The molecule has 7 heteroatoms. The summed E-state index contributed by atoms with van der Waals surface area (Å²) in [6, 6.07) is 0. The Labute approximate surface area is 106 Å². The summed E-state index contributed by atoms with van der Waals surface area (Å²) in [6.45, 7) is 2.52. The SMILES string of the molecule is COc1c(NN)ncnc1NCC1CCOCC1. The molecule has 0 amide bonds. The minimum atomic E-state index is 0.474. The Balaban J connectivity index is 1.99. The van der Waals surface area contributed by atoms with Crippen LogP contribution in [0.1, 0.15) is 12.8 Å². The molecule has 0 aliphatic carbocycles. The van der Waals surface area contributed by atoms with Crippen LogP contribution in [0.3, 0.4) is 0 Å². The van der Waals surface area contributed by atoms with Gasteiger partial charge in [-0.05, 0) is 18.8 Å². The molecule has 0 atom stereocenters. The lowest BCUT2D eigenvalue weighted by Crippen LogP contribution is -2.23. The van der Waals surface area contributed by atoms with Crippen molar-refractivity contribution in [1.82, 2.24) is 9.97 Å². The quantitative estimate of drug-likeness (QED) is 0.522. The van der Waals surface area contributed by atoms with Crippen LogP contribution in [-0.4, -0.2) is 36.8 Å². The van der Waals surface area contributed by atoms with Gasteiger partial charge in [0.15, 0.2) is 11.6 Å². The van der Waals surface area contributed by atoms with Crippen molar-refractivity contribution in [3.05, 3.63) is 6.33 Å². The fourth-order valence-electron chi connectivity index (χ4n) is 1.99. The number of ether oxygens (including phenoxy) is 2. The predicted molar refractivity (Wildman–Crippen MR) is 68.4 cm³/mol. The third-order valence-electron chi connectivity index (χ3n) is 3.04. The number of nitrogens with zero attached hydrogens (tertiary/aromatic N) is 2. The molecule has 1 fully saturated rings. The first-order valence-corrected chi connectivity index (χ1v) is 6.02. The standard InChI is InChI=1S/C11H19N5O2/c1-17-9-10(14-7-15-11(9)16-12)13-6-8-2-4-18-5-3-8/h7-8H,2-6,12H2,1H3,(H2,13,14,15,16). The Hall–Kier alpha value is -1.60. The highest BCUT2D eigenvalue weighted by atomic mass is 16.5. The summed E-state index contributed by atoms with van der Waals surface area (Å²) in [6.07, 6.45) is 3.59. The van der Waals surface area contributed by atoms with Crippen molar-refractivity contribution in [2.45, 2.75) is 12.8 Å². The maximum absolute atomic E-state index is 5.37. The van der Waals surface area contributed by atoms with E-state index >= 15 is 0 Å². The van der Waals surface area contributed by atoms with Crippen molar-refractivity contribution < 1.29 is 9.47 Å². The van der Waals surface area contributed by atoms with Crippen LogP contribution in [0.25, 0.3) is 0 Å². The molecule has 0 bridgehead atoms. The molecule has 100 valence electrons. The van der Waals surface area contributed by atoms with Gasteiger partial charge in [0.2, 0.25) is 5.75 Å². The number of anilines is 2. The number of aromatic nitrogens is 2. The van der Waals surface area contributed by atoms with E-state index < -0.39 is 0 Å². The molecule has 1 aliphatic heterocycles. The van der Waals surface area contributed by atoms with Gasteiger partial charge in [-0.3, -0.25) is 0 Å². The van der Waals surface area contributed by atoms with Crippen molar-refractivity contribution in [3.63, 3.8) is 0 Å². The van der Waals surface area contributed by atoms with Gasteiger partial charge < -0.3 is 20.2 Å². The van der Waals surface area contributed by atoms with Gasteiger partial charge in [-0.25, -0.2) is 15.8 Å². The largest absolute Gasteiger partial charge is 0.490 e. The Morgan fingerprint density at radius 2 is 2.11 bits per heavy atom. The first kappa shape index (κ1) is 12.8. The zero-order valence-corrected chi connectivity index (χ0v) is 10.5. The summed E-state index contributed by atoms with van der Waals surface area (Å²) in [7, 11) is 1.57. The molecule has 0 aromatic carbocycles. The van der Waals surface area contributed by atoms with E-state index in [2.05, 4.69) is 20.7 Å². The molecule has 0 saturated carbocycles. The van der Waals surface area contributed by atoms with Crippen molar-refractivity contribution in [1.29, 1.82) is 0 Å². The number of rotatable bonds is 5. The number of methoxy groups -OCH3 is 1. The van der Waals surface area contributed by atoms with E-state index in [1.807, 2.05) is 0 Å². The summed E-state index contributed by atoms with van der Waals surface area (Å²) < 4.78 is 10.6. The fourth-order valence-corrected chi connectivity index (χ4v) is 1.99. The lowest BCUT2D eigenvalue weighted by atomic mass is 10.0. The second-order valence-electron chi connectivity index (χ2n) is 4.19. The number of hydrogen-bond donors (Lipinski definition) is 3. The fraction of sp³-hybridized carbons (Fsp3) is 0.636. The lowest BCUT2D eigenvalue weighted by Gasteiger charge is -2.23. The van der Waals surface area contributed by atoms with Gasteiger partial charge in [0.25, 0.3) is 0 Å². The average Bonchev–Trinajstić information content (AvgIpc) is 2.45. The van der Waals surface area contributed by atoms with E-state index in [0.29, 0.717) is 23.3 Å². The van der Waals surface area contributed by atoms with E-state index in [-0.39, 0.29) is 0 Å². The molecule has 0 spiro atoms. The van der Waals surface area contributed by atoms with Crippen molar-refractivity contribution in [2.75, 3.05) is 37.6 Å². The maximum atomic E-state index is 5.37. The first-order chi connectivity index (χ1) is 8.85. The van der Waals surface area contributed by atoms with E-state index in [1.165, 1.54) is 6.33 Å². The van der Waals surface area contributed by atoms with Crippen LogP contribution in [0.5, 0.6) is 5.75 Å². The molecule has 18 heavy (non-hydrogen) atoms. The minimum absolute atomic E-state index is 0.474. The Morgan fingerprint density at radius 3 is 2.78 bits per heavy atom. The Morgan fingerprint density at radius 1 is 1.39 bits per heavy atom. The number of hydrogen-bond acceptors (Lipinski definition) is 7. The molecule has 1 aromatic heterocycles. The lowest BCUT2D eigenvalue weighted by molar-refractivity contribution is 0.0699. The number of nitrogens with one attached hydrogen (secondary N) is 2. The van der Waals surface area contributed by atoms with Crippen molar-refractivity contribution in [2.24, 2.45) is 11.8 Å². The van der Waals surface area contributed by atoms with E-state index in [0.717, 1.165) is 32.6 Å². The van der Waals surface area contributed by atoms with Crippen molar-refractivity contribution in [3.8, 4) is 5.75 Å². The van der Waals surface area contributed by atoms with Gasteiger partial charge in [0.05, 0.1) is 7.11 Å². The molecule has 4 N–H and O–H groups in total. The summed E-state index contributed by atoms with van der Waals surface area (Å²) in [4.78, 5) is 8.16. The summed E-state index contributed by atoms with van der Waals surface area (Å²) in [5.74, 6) is 7.64. The average molecular weight is 253 g/mol. The second kappa shape index (κ2) is 6.36. The van der Waals surface area contributed by atoms with Crippen LogP contribution >= 0.6 is 0 Å². The highest BCUT2D eigenvalue weighted by Crippen LogP contribution is 2.28. The summed E-state index contributed by atoms with van der Waals surface area (Å²) in [5.41, 5.74) is 2.49. The normalized spacial score (nSPS) is 16.3. The molecule has 0 radical (unpaired) electrons. The van der Waals surface area contributed by atoms with Crippen LogP contribution in [0.15, 0.2) is 6.33 Å². The molecule has 2 heterocycles. The molecular weight excluding hydrogens is 234 g/mol. The third kappa shape index (κ3) is 2.99. The number of hydrazine groups is 1. The predicted octanol–water partition coefficient (Wildman–Crippen LogP) is 0.609. The molecule has 1 aliphatic rings. The molecule has 7 nitrogen and oxygen atoms in total. The molecule has 1 aromatic rings. The maximum Gasteiger partial charge on any atom is 0.205 e. The molecule has 2 rings (SSSR count). The van der Waals surface area contributed by atoms with Crippen LogP contribution in [0.4, 0.5) is 11.6 Å². The van der Waals surface area contributed by atoms with Gasteiger partial charge in [0.1, 0.15) is 6.33 Å². The number of nitrogen functional groups attached to an aromatic ring is 1. The highest BCUT2D eigenvalue weighted by Gasteiger charge is 2.16.